The Bertz CT molecular complexity index is 175. The summed E-state index contributed by atoms with van der Waals surface area (Å²) in [5.41, 5.74) is 0. The van der Waals surface area contributed by atoms with E-state index in [4.69, 9.17) is 8.85 Å². The lowest BCUT2D eigenvalue weighted by Crippen LogP contribution is -2.35. The van der Waals surface area contributed by atoms with Gasteiger partial charge in [0, 0.05) is 14.2 Å². The molecule has 18 heavy (non-hydrogen) atoms. The summed E-state index contributed by atoms with van der Waals surface area (Å²) in [4.78, 5) is 0. The van der Waals surface area contributed by atoms with Crippen molar-refractivity contribution in [3.8, 4) is 0 Å². The minimum absolute atomic E-state index is 1.04. The molecule has 0 heterocycles. The van der Waals surface area contributed by atoms with E-state index in [2.05, 4.69) is 19.2 Å². The first-order chi connectivity index (χ1) is 8.68. The largest absolute Gasteiger partial charge is 0.398 e. The molecule has 2 nitrogen and oxygen atoms in total. The Morgan fingerprint density at radius 3 is 1.50 bits per heavy atom. The molecule has 0 bridgehead atoms. The van der Waals surface area contributed by atoms with Crippen LogP contribution >= 0.6 is 12.6 Å². The van der Waals surface area contributed by atoms with Crippen molar-refractivity contribution in [1.29, 1.82) is 0 Å². The Hall–Kier alpha value is 0.487. The lowest BCUT2D eigenvalue weighted by atomic mass is 10.1. The van der Waals surface area contributed by atoms with Crippen molar-refractivity contribution in [2.24, 2.45) is 0 Å². The van der Waals surface area contributed by atoms with Crippen LogP contribution in [0, 0.1) is 0 Å². The molecular formula is C14H32O2SSi. The van der Waals surface area contributed by atoms with Gasteiger partial charge in [0.05, 0.1) is 0 Å². The Morgan fingerprint density at radius 2 is 1.11 bits per heavy atom. The third-order valence-electron chi connectivity index (χ3n) is 3.65. The molecule has 0 N–H and O–H groups in total. The lowest BCUT2D eigenvalue weighted by Gasteiger charge is -2.22. The van der Waals surface area contributed by atoms with E-state index in [0.29, 0.717) is 0 Å². The predicted octanol–water partition coefficient (Wildman–Crippen LogP) is 4.79. The zero-order valence-electron chi connectivity index (χ0n) is 12.5. The molecule has 0 fully saturated rings. The van der Waals surface area contributed by atoms with E-state index >= 15 is 0 Å². The normalized spacial score (nSPS) is 12.0. The average molecular weight is 293 g/mol. The lowest BCUT2D eigenvalue weighted by molar-refractivity contribution is 0.248. The third-order valence-corrected chi connectivity index (χ3v) is 6.96. The molecule has 0 unspecified atom stereocenters. The zero-order valence-corrected chi connectivity index (χ0v) is 14.4. The summed E-state index contributed by atoms with van der Waals surface area (Å²) in [6.07, 6.45) is 12.2. The Morgan fingerprint density at radius 1 is 0.722 bits per heavy atom. The van der Waals surface area contributed by atoms with Crippen LogP contribution in [0.4, 0.5) is 0 Å². The highest BCUT2D eigenvalue weighted by atomic mass is 32.1. The standard InChI is InChI=1S/C14H32O2SSi/c1-15-18(3,16-2)14-12-10-8-6-4-5-7-9-11-13-17/h17H,4-14H2,1-3H3. The quantitative estimate of drug-likeness (QED) is 0.299. The monoisotopic (exact) mass is 292 g/mol. The van der Waals surface area contributed by atoms with Gasteiger partial charge in [-0.15, -0.1) is 0 Å². The number of rotatable bonds is 13. The summed E-state index contributed by atoms with van der Waals surface area (Å²) in [5.74, 6) is 1.04. The van der Waals surface area contributed by atoms with Gasteiger partial charge in [0.1, 0.15) is 0 Å². The van der Waals surface area contributed by atoms with Crippen molar-refractivity contribution < 1.29 is 8.85 Å². The Balaban J connectivity index is 3.21. The van der Waals surface area contributed by atoms with E-state index in [9.17, 15) is 0 Å². The van der Waals surface area contributed by atoms with Crippen LogP contribution in [-0.2, 0) is 8.85 Å². The highest BCUT2D eigenvalue weighted by molar-refractivity contribution is 7.80. The van der Waals surface area contributed by atoms with E-state index < -0.39 is 8.56 Å². The van der Waals surface area contributed by atoms with Gasteiger partial charge in [0.2, 0.25) is 0 Å². The van der Waals surface area contributed by atoms with Gasteiger partial charge in [0.25, 0.3) is 0 Å². The van der Waals surface area contributed by atoms with Gasteiger partial charge in [0.15, 0.2) is 0 Å². The molecule has 0 aromatic rings. The minimum atomic E-state index is -1.79. The molecule has 0 atom stereocenters. The zero-order chi connectivity index (χ0) is 13.7. The summed E-state index contributed by atoms with van der Waals surface area (Å²) in [6.45, 7) is 2.15. The number of unbranched alkanes of at least 4 members (excludes halogenated alkanes) is 8. The average Bonchev–Trinajstić information content (AvgIpc) is 2.40. The molecular weight excluding hydrogens is 260 g/mol. The second kappa shape index (κ2) is 12.5. The maximum Gasteiger partial charge on any atom is 0.334 e. The van der Waals surface area contributed by atoms with E-state index in [1.165, 1.54) is 57.8 Å². The fourth-order valence-corrected chi connectivity index (χ4v) is 3.77. The van der Waals surface area contributed by atoms with Gasteiger partial charge >= 0.3 is 8.56 Å². The molecule has 0 aromatic carbocycles. The predicted molar refractivity (Wildman–Crippen MR) is 85.8 cm³/mol. The fraction of sp³-hybridized carbons (Fsp3) is 1.00. The summed E-state index contributed by atoms with van der Waals surface area (Å²) in [6, 6.07) is 1.13. The first-order valence-corrected chi connectivity index (χ1v) is 10.6. The molecule has 0 saturated heterocycles. The van der Waals surface area contributed by atoms with Crippen LogP contribution in [0.15, 0.2) is 0 Å². The van der Waals surface area contributed by atoms with Crippen molar-refractivity contribution in [3.63, 3.8) is 0 Å². The summed E-state index contributed by atoms with van der Waals surface area (Å²) in [5, 5.41) is 0. The van der Waals surface area contributed by atoms with Crippen molar-refractivity contribution in [2.45, 2.75) is 70.4 Å². The third kappa shape index (κ3) is 10.4. The minimum Gasteiger partial charge on any atom is -0.398 e. The van der Waals surface area contributed by atoms with E-state index in [0.717, 1.165) is 11.8 Å². The van der Waals surface area contributed by atoms with Gasteiger partial charge in [-0.05, 0) is 24.8 Å². The van der Waals surface area contributed by atoms with Crippen molar-refractivity contribution in [2.75, 3.05) is 20.0 Å². The fourth-order valence-electron chi connectivity index (χ4n) is 2.08. The maximum absolute atomic E-state index is 5.48. The van der Waals surface area contributed by atoms with Gasteiger partial charge in [-0.2, -0.15) is 12.6 Å². The van der Waals surface area contributed by atoms with Crippen molar-refractivity contribution >= 4 is 21.2 Å². The van der Waals surface area contributed by atoms with Gasteiger partial charge in [-0.25, -0.2) is 0 Å². The number of hydrogen-bond acceptors (Lipinski definition) is 3. The first-order valence-electron chi connectivity index (χ1n) is 7.39. The molecule has 0 spiro atoms. The highest BCUT2D eigenvalue weighted by Gasteiger charge is 2.27. The molecule has 0 radical (unpaired) electrons. The summed E-state index contributed by atoms with van der Waals surface area (Å²) < 4.78 is 11.0. The highest BCUT2D eigenvalue weighted by Crippen LogP contribution is 2.17. The van der Waals surface area contributed by atoms with E-state index in [-0.39, 0.29) is 0 Å². The molecule has 0 rings (SSSR count). The van der Waals surface area contributed by atoms with Crippen LogP contribution < -0.4 is 0 Å². The smallest absolute Gasteiger partial charge is 0.334 e. The molecule has 0 aliphatic carbocycles. The van der Waals surface area contributed by atoms with Gasteiger partial charge in [-0.1, -0.05) is 51.4 Å². The molecule has 110 valence electrons. The molecule has 0 aromatic heterocycles. The molecule has 0 amide bonds. The van der Waals surface area contributed by atoms with Gasteiger partial charge in [-0.3, -0.25) is 0 Å². The van der Waals surface area contributed by atoms with Crippen molar-refractivity contribution in [1.82, 2.24) is 0 Å². The van der Waals surface area contributed by atoms with E-state index in [1.807, 2.05) is 0 Å². The van der Waals surface area contributed by atoms with Crippen LogP contribution in [0.25, 0.3) is 0 Å². The molecule has 0 saturated carbocycles. The summed E-state index contributed by atoms with van der Waals surface area (Å²) in [7, 11) is 1.76. The van der Waals surface area contributed by atoms with Crippen molar-refractivity contribution in [3.05, 3.63) is 0 Å². The molecule has 4 heteroatoms. The second-order valence-electron chi connectivity index (χ2n) is 5.20. The van der Waals surface area contributed by atoms with Crippen LogP contribution in [0.5, 0.6) is 0 Å². The second-order valence-corrected chi connectivity index (χ2v) is 9.23. The molecule has 0 aliphatic rings. The molecule has 0 aliphatic heterocycles. The van der Waals surface area contributed by atoms with Crippen LogP contribution in [0.2, 0.25) is 12.6 Å². The SMILES string of the molecule is CO[Si](C)(CCCCCCCCCCCS)OC. The van der Waals surface area contributed by atoms with Crippen LogP contribution in [-0.4, -0.2) is 28.5 Å². The summed E-state index contributed by atoms with van der Waals surface area (Å²) >= 11 is 4.22. The maximum atomic E-state index is 5.48. The van der Waals surface area contributed by atoms with Crippen LogP contribution in [0.3, 0.4) is 0 Å². The Kier molecular flexibility index (Phi) is 12.9. The number of thiol groups is 1. The topological polar surface area (TPSA) is 18.5 Å². The Labute approximate surface area is 120 Å². The first kappa shape index (κ1) is 18.5. The van der Waals surface area contributed by atoms with Gasteiger partial charge < -0.3 is 8.85 Å². The number of hydrogen-bond donors (Lipinski definition) is 1. The van der Waals surface area contributed by atoms with Crippen LogP contribution in [0.1, 0.15) is 57.8 Å². The van der Waals surface area contributed by atoms with E-state index in [1.54, 1.807) is 14.2 Å².